The molecule has 0 aliphatic carbocycles. The maximum Gasteiger partial charge on any atom is 0.418 e. The van der Waals surface area contributed by atoms with E-state index < -0.39 is 0 Å². The largest absolute Gasteiger partial charge is 0.491 e. The van der Waals surface area contributed by atoms with E-state index in [0.29, 0.717) is 48.5 Å². The Hall–Kier alpha value is -4.18. The molecule has 0 spiro atoms. The summed E-state index contributed by atoms with van der Waals surface area (Å²) in [4.78, 5) is 13.5. The summed E-state index contributed by atoms with van der Waals surface area (Å²) in [6.45, 7) is 12.4. The summed E-state index contributed by atoms with van der Waals surface area (Å²) >= 11 is 0. The third-order valence-corrected chi connectivity index (χ3v) is 6.74. The van der Waals surface area contributed by atoms with Gasteiger partial charge in [-0.3, -0.25) is 4.90 Å². The zero-order valence-electron chi connectivity index (χ0n) is 22.1. The number of nitrogens with zero attached hydrogens (tertiary/aromatic N) is 8. The van der Waals surface area contributed by atoms with Crippen LogP contribution in [0, 0.1) is 6.57 Å². The molecule has 1 saturated heterocycles. The molecule has 5 rings (SSSR count). The molecule has 204 valence electrons. The normalized spacial score (nSPS) is 14.3. The minimum absolute atomic E-state index is 0.145. The van der Waals surface area contributed by atoms with Gasteiger partial charge in [-0.15, -0.1) is 9.78 Å². The maximum atomic E-state index is 5.93. The molecule has 0 amide bonds. The molecule has 0 radical (unpaired) electrons. The molecular weight excluding hydrogens is 498 g/mol. The molecule has 0 unspecified atom stereocenters. The number of rotatable bonds is 11. The van der Waals surface area contributed by atoms with Gasteiger partial charge in [0.1, 0.15) is 25.5 Å². The number of ether oxygens (including phenoxy) is 2. The standard InChI is InChI=1S/C27H34N9O3/c1-29-26-23(27-31-25(32-36(27)20-28)24-5-3-16-39-24)19-30-35(26)15-13-33-10-4-11-34(14-12-33)21-6-8-22(9-7-21)38-18-17-37-2/h1,3,5-9,16,19H,4,10-15,17-18,20,28H2,2H3/q+1. The van der Waals surface area contributed by atoms with Gasteiger partial charge in [-0.1, -0.05) is 5.10 Å². The third-order valence-electron chi connectivity index (χ3n) is 6.74. The Balaban J connectivity index is 1.20. The summed E-state index contributed by atoms with van der Waals surface area (Å²) in [6.07, 6.45) is 4.36. The van der Waals surface area contributed by atoms with Crippen molar-refractivity contribution in [3.8, 4) is 35.3 Å². The van der Waals surface area contributed by atoms with Crippen LogP contribution in [0.15, 0.2) is 53.3 Å². The molecule has 2 N–H and O–H groups in total. The summed E-state index contributed by atoms with van der Waals surface area (Å²) in [7, 11) is 1.67. The lowest BCUT2D eigenvalue weighted by Gasteiger charge is -2.23. The van der Waals surface area contributed by atoms with E-state index >= 15 is 0 Å². The van der Waals surface area contributed by atoms with Crippen molar-refractivity contribution >= 4 is 11.5 Å². The van der Waals surface area contributed by atoms with Crippen LogP contribution in [0.25, 0.3) is 27.8 Å². The van der Waals surface area contributed by atoms with Gasteiger partial charge >= 0.3 is 5.82 Å². The Labute approximate surface area is 227 Å². The Bertz CT molecular complexity index is 1370. The highest BCUT2D eigenvalue weighted by atomic mass is 16.5. The molecule has 0 atom stereocenters. The summed E-state index contributed by atoms with van der Waals surface area (Å²) in [5.41, 5.74) is 7.80. The van der Waals surface area contributed by atoms with Crippen LogP contribution in [-0.4, -0.2) is 82.5 Å². The van der Waals surface area contributed by atoms with Crippen molar-refractivity contribution in [2.75, 3.05) is 57.9 Å². The van der Waals surface area contributed by atoms with Crippen molar-refractivity contribution in [2.45, 2.75) is 19.6 Å². The van der Waals surface area contributed by atoms with Crippen molar-refractivity contribution in [2.24, 2.45) is 5.73 Å². The lowest BCUT2D eigenvalue weighted by Crippen LogP contribution is -2.32. The van der Waals surface area contributed by atoms with Gasteiger partial charge in [0.25, 0.3) is 0 Å². The van der Waals surface area contributed by atoms with Gasteiger partial charge in [0, 0.05) is 45.5 Å². The Morgan fingerprint density at radius 2 is 1.92 bits per heavy atom. The average Bonchev–Trinajstić information content (AvgIpc) is 3.69. The fourth-order valence-electron chi connectivity index (χ4n) is 4.70. The van der Waals surface area contributed by atoms with Crippen LogP contribution in [0.5, 0.6) is 5.75 Å². The second-order valence-electron chi connectivity index (χ2n) is 9.17. The van der Waals surface area contributed by atoms with Crippen molar-refractivity contribution in [1.82, 2.24) is 29.4 Å². The first-order valence-corrected chi connectivity index (χ1v) is 13.0. The van der Waals surface area contributed by atoms with E-state index in [-0.39, 0.29) is 6.67 Å². The smallest absolute Gasteiger partial charge is 0.418 e. The molecule has 1 aliphatic heterocycles. The van der Waals surface area contributed by atoms with E-state index in [4.69, 9.17) is 26.2 Å². The molecule has 1 aliphatic rings. The Morgan fingerprint density at radius 3 is 2.67 bits per heavy atom. The van der Waals surface area contributed by atoms with E-state index in [2.05, 4.69) is 42.0 Å². The van der Waals surface area contributed by atoms with Gasteiger partial charge < -0.3 is 24.5 Å². The summed E-state index contributed by atoms with van der Waals surface area (Å²) in [6, 6.07) is 11.9. The van der Waals surface area contributed by atoms with E-state index in [1.54, 1.807) is 36.4 Å². The zero-order chi connectivity index (χ0) is 27.0. The van der Waals surface area contributed by atoms with Crippen LogP contribution in [0.1, 0.15) is 6.42 Å². The number of hydrogen-bond donors (Lipinski definition) is 1. The van der Waals surface area contributed by atoms with Gasteiger partial charge in [0.15, 0.2) is 17.1 Å². The number of anilines is 1. The van der Waals surface area contributed by atoms with Crippen LogP contribution >= 0.6 is 0 Å². The number of hydrogen-bond acceptors (Lipinski definition) is 9. The Kier molecular flexibility index (Phi) is 8.52. The number of aromatic nitrogens is 5. The highest BCUT2D eigenvalue weighted by Crippen LogP contribution is 2.31. The van der Waals surface area contributed by atoms with Crippen LogP contribution in [0.4, 0.5) is 11.5 Å². The maximum absolute atomic E-state index is 5.93. The van der Waals surface area contributed by atoms with Gasteiger partial charge in [-0.05, 0) is 42.8 Å². The molecule has 12 nitrogen and oxygen atoms in total. The molecule has 12 heteroatoms. The molecule has 1 fully saturated rings. The topological polar surface area (TPSA) is 117 Å². The van der Waals surface area contributed by atoms with E-state index in [9.17, 15) is 0 Å². The fourth-order valence-corrected chi connectivity index (χ4v) is 4.70. The first-order chi connectivity index (χ1) is 19.2. The number of furan rings is 1. The average molecular weight is 533 g/mol. The van der Waals surface area contributed by atoms with E-state index in [1.165, 1.54) is 5.69 Å². The highest BCUT2D eigenvalue weighted by molar-refractivity contribution is 5.72. The molecule has 4 aromatic rings. The van der Waals surface area contributed by atoms with Crippen LogP contribution in [0.2, 0.25) is 0 Å². The summed E-state index contributed by atoms with van der Waals surface area (Å²) in [5.74, 6) is 2.93. The molecule has 1 aromatic carbocycles. The number of benzene rings is 1. The highest BCUT2D eigenvalue weighted by Gasteiger charge is 2.27. The predicted molar refractivity (Wildman–Crippen MR) is 148 cm³/mol. The molecule has 0 bridgehead atoms. The van der Waals surface area contributed by atoms with Crippen LogP contribution < -0.4 is 15.4 Å². The lowest BCUT2D eigenvalue weighted by molar-refractivity contribution is 0.146. The quantitative estimate of drug-likeness (QED) is 0.291. The van der Waals surface area contributed by atoms with Crippen molar-refractivity contribution < 1.29 is 13.9 Å². The number of methoxy groups -OCH3 is 1. The van der Waals surface area contributed by atoms with Gasteiger partial charge in [0.05, 0.1) is 25.7 Å². The Morgan fingerprint density at radius 1 is 1.05 bits per heavy atom. The fraction of sp³-hybridized carbons (Fsp3) is 0.407. The van der Waals surface area contributed by atoms with Gasteiger partial charge in [-0.25, -0.2) is 9.67 Å². The summed E-state index contributed by atoms with van der Waals surface area (Å²) in [5, 5.41) is 9.01. The van der Waals surface area contributed by atoms with E-state index in [0.717, 1.165) is 44.9 Å². The lowest BCUT2D eigenvalue weighted by atomic mass is 10.2. The SMILES string of the molecule is C#[N+]c1c(-c2nc(-c3ccco3)nn2CN)cnn1CCN1CCCN(c2ccc(OCCOC)cc2)CC1. The molecule has 0 saturated carbocycles. The zero-order valence-corrected chi connectivity index (χ0v) is 22.1. The first kappa shape index (κ1) is 26.4. The van der Waals surface area contributed by atoms with Crippen LogP contribution in [-0.2, 0) is 18.0 Å². The van der Waals surface area contributed by atoms with Crippen molar-refractivity contribution in [3.63, 3.8) is 0 Å². The first-order valence-electron chi connectivity index (χ1n) is 13.0. The van der Waals surface area contributed by atoms with Gasteiger partial charge in [0.2, 0.25) is 5.82 Å². The number of nitrogens with two attached hydrogens (primary N) is 1. The van der Waals surface area contributed by atoms with Crippen LogP contribution in [0.3, 0.4) is 0 Å². The van der Waals surface area contributed by atoms with Crippen molar-refractivity contribution in [3.05, 3.63) is 53.7 Å². The molecule has 39 heavy (non-hydrogen) atoms. The van der Waals surface area contributed by atoms with Gasteiger partial charge in [-0.2, -0.15) is 4.85 Å². The second kappa shape index (κ2) is 12.6. The van der Waals surface area contributed by atoms with E-state index in [1.807, 2.05) is 16.8 Å². The monoisotopic (exact) mass is 532 g/mol. The molecule has 4 heterocycles. The minimum atomic E-state index is 0.145. The summed E-state index contributed by atoms with van der Waals surface area (Å²) < 4.78 is 19.6. The second-order valence-corrected chi connectivity index (χ2v) is 9.17. The molecule has 3 aromatic heterocycles. The molecular formula is C27H34N9O3+. The minimum Gasteiger partial charge on any atom is -0.491 e. The third kappa shape index (κ3) is 6.12. The predicted octanol–water partition coefficient (Wildman–Crippen LogP) is 3.15. The van der Waals surface area contributed by atoms with Crippen molar-refractivity contribution in [1.29, 1.82) is 0 Å².